The Labute approximate surface area is 116 Å². The predicted molar refractivity (Wildman–Crippen MR) is 81.0 cm³/mol. The SMILES string of the molecule is CCC(=Cc1cccc(OC)c1OC)CNC(C)C. The van der Waals surface area contributed by atoms with E-state index in [1.54, 1.807) is 14.2 Å². The third-order valence-corrected chi connectivity index (χ3v) is 2.98. The molecule has 0 amide bonds. The smallest absolute Gasteiger partial charge is 0.167 e. The van der Waals surface area contributed by atoms with Crippen LogP contribution >= 0.6 is 0 Å². The maximum Gasteiger partial charge on any atom is 0.167 e. The van der Waals surface area contributed by atoms with Gasteiger partial charge in [0.25, 0.3) is 0 Å². The number of methoxy groups -OCH3 is 2. The minimum absolute atomic E-state index is 0.488. The number of para-hydroxylation sites is 1. The molecule has 0 aromatic heterocycles. The molecule has 0 bridgehead atoms. The molecule has 0 aliphatic heterocycles. The Bertz CT molecular complexity index is 425. The lowest BCUT2D eigenvalue weighted by molar-refractivity contribution is 0.354. The number of hydrogen-bond donors (Lipinski definition) is 1. The van der Waals surface area contributed by atoms with Gasteiger partial charge in [0.05, 0.1) is 14.2 Å². The van der Waals surface area contributed by atoms with E-state index in [9.17, 15) is 0 Å². The second-order valence-electron chi connectivity index (χ2n) is 4.77. The van der Waals surface area contributed by atoms with Crippen molar-refractivity contribution in [2.45, 2.75) is 33.2 Å². The Kier molecular flexibility index (Phi) is 6.43. The van der Waals surface area contributed by atoms with Crippen molar-refractivity contribution in [3.8, 4) is 11.5 Å². The fourth-order valence-corrected chi connectivity index (χ4v) is 1.86. The quantitative estimate of drug-likeness (QED) is 0.816. The van der Waals surface area contributed by atoms with Crippen LogP contribution in [0.1, 0.15) is 32.8 Å². The zero-order valence-electron chi connectivity index (χ0n) is 12.6. The lowest BCUT2D eigenvalue weighted by Crippen LogP contribution is -2.24. The molecule has 0 atom stereocenters. The molecule has 0 heterocycles. The average molecular weight is 263 g/mol. The standard InChI is InChI=1S/C16H25NO2/c1-6-13(11-17-12(2)3)10-14-8-7-9-15(18-4)16(14)19-5/h7-10,12,17H,6,11H2,1-5H3. The highest BCUT2D eigenvalue weighted by Crippen LogP contribution is 2.32. The monoisotopic (exact) mass is 263 g/mol. The third-order valence-electron chi connectivity index (χ3n) is 2.98. The Balaban J connectivity index is 3.00. The van der Waals surface area contributed by atoms with Crippen LogP contribution in [0.5, 0.6) is 11.5 Å². The molecule has 0 spiro atoms. The molecule has 0 aliphatic carbocycles. The number of rotatable bonds is 7. The first-order chi connectivity index (χ1) is 9.12. The van der Waals surface area contributed by atoms with E-state index >= 15 is 0 Å². The molecule has 3 nitrogen and oxygen atoms in total. The van der Waals surface area contributed by atoms with E-state index in [1.165, 1.54) is 5.57 Å². The van der Waals surface area contributed by atoms with Gasteiger partial charge < -0.3 is 14.8 Å². The molecule has 0 fully saturated rings. The van der Waals surface area contributed by atoms with Gasteiger partial charge in [0.2, 0.25) is 0 Å². The van der Waals surface area contributed by atoms with Gasteiger partial charge in [-0.25, -0.2) is 0 Å². The largest absolute Gasteiger partial charge is 0.493 e. The lowest BCUT2D eigenvalue weighted by atomic mass is 10.1. The fourth-order valence-electron chi connectivity index (χ4n) is 1.86. The summed E-state index contributed by atoms with van der Waals surface area (Å²) in [5, 5.41) is 3.44. The number of benzene rings is 1. The second kappa shape index (κ2) is 7.85. The van der Waals surface area contributed by atoms with Gasteiger partial charge in [-0.05, 0) is 12.5 Å². The van der Waals surface area contributed by atoms with Crippen molar-refractivity contribution >= 4 is 6.08 Å². The van der Waals surface area contributed by atoms with Crippen LogP contribution in [0.4, 0.5) is 0 Å². The lowest BCUT2D eigenvalue weighted by Gasteiger charge is -2.13. The van der Waals surface area contributed by atoms with Gasteiger partial charge >= 0.3 is 0 Å². The molecule has 1 N–H and O–H groups in total. The van der Waals surface area contributed by atoms with E-state index in [0.29, 0.717) is 6.04 Å². The van der Waals surface area contributed by atoms with Crippen molar-refractivity contribution < 1.29 is 9.47 Å². The van der Waals surface area contributed by atoms with Crippen LogP contribution in [0, 0.1) is 0 Å². The molecule has 3 heteroatoms. The molecule has 0 saturated heterocycles. The second-order valence-corrected chi connectivity index (χ2v) is 4.77. The van der Waals surface area contributed by atoms with E-state index in [2.05, 4.69) is 32.2 Å². The van der Waals surface area contributed by atoms with Crippen LogP contribution < -0.4 is 14.8 Å². The van der Waals surface area contributed by atoms with Crippen molar-refractivity contribution in [1.29, 1.82) is 0 Å². The summed E-state index contributed by atoms with van der Waals surface area (Å²) in [5.74, 6) is 1.56. The highest BCUT2D eigenvalue weighted by Gasteiger charge is 2.08. The summed E-state index contributed by atoms with van der Waals surface area (Å²) in [5.41, 5.74) is 2.41. The van der Waals surface area contributed by atoms with E-state index in [1.807, 2.05) is 18.2 Å². The summed E-state index contributed by atoms with van der Waals surface area (Å²) in [6, 6.07) is 6.43. The normalized spacial score (nSPS) is 11.8. The first-order valence-electron chi connectivity index (χ1n) is 6.76. The summed E-state index contributed by atoms with van der Waals surface area (Å²) >= 11 is 0. The molecule has 106 valence electrons. The third kappa shape index (κ3) is 4.60. The molecule has 1 aromatic carbocycles. The van der Waals surface area contributed by atoms with Gasteiger partial charge in [-0.3, -0.25) is 0 Å². The predicted octanol–water partition coefficient (Wildman–Crippen LogP) is 3.50. The van der Waals surface area contributed by atoms with Crippen LogP contribution in [-0.4, -0.2) is 26.8 Å². The van der Waals surface area contributed by atoms with E-state index < -0.39 is 0 Å². The van der Waals surface area contributed by atoms with Crippen LogP contribution in [0.2, 0.25) is 0 Å². The molecule has 0 radical (unpaired) electrons. The van der Waals surface area contributed by atoms with Gasteiger partial charge in [0, 0.05) is 18.2 Å². The van der Waals surface area contributed by atoms with E-state index in [4.69, 9.17) is 9.47 Å². The first-order valence-corrected chi connectivity index (χ1v) is 6.76. The van der Waals surface area contributed by atoms with Crippen molar-refractivity contribution in [3.63, 3.8) is 0 Å². The van der Waals surface area contributed by atoms with Gasteiger partial charge in [-0.15, -0.1) is 0 Å². The van der Waals surface area contributed by atoms with E-state index in [-0.39, 0.29) is 0 Å². The molecular weight excluding hydrogens is 238 g/mol. The number of nitrogens with one attached hydrogen (secondary N) is 1. The highest BCUT2D eigenvalue weighted by molar-refractivity contribution is 5.64. The Morgan fingerprint density at radius 3 is 2.53 bits per heavy atom. The van der Waals surface area contributed by atoms with Crippen molar-refractivity contribution in [2.24, 2.45) is 0 Å². The number of ether oxygens (including phenoxy) is 2. The highest BCUT2D eigenvalue weighted by atomic mass is 16.5. The van der Waals surface area contributed by atoms with E-state index in [0.717, 1.165) is 30.0 Å². The summed E-state index contributed by atoms with van der Waals surface area (Å²) in [7, 11) is 3.33. The Morgan fingerprint density at radius 1 is 1.26 bits per heavy atom. The van der Waals surface area contributed by atoms with Gasteiger partial charge in [-0.1, -0.05) is 44.6 Å². The summed E-state index contributed by atoms with van der Waals surface area (Å²) in [4.78, 5) is 0. The number of hydrogen-bond acceptors (Lipinski definition) is 3. The first kappa shape index (κ1) is 15.6. The van der Waals surface area contributed by atoms with Crippen molar-refractivity contribution in [1.82, 2.24) is 5.32 Å². The van der Waals surface area contributed by atoms with Crippen LogP contribution in [-0.2, 0) is 0 Å². The van der Waals surface area contributed by atoms with Crippen molar-refractivity contribution in [2.75, 3.05) is 20.8 Å². The van der Waals surface area contributed by atoms with Crippen LogP contribution in [0.3, 0.4) is 0 Å². The minimum atomic E-state index is 0.488. The topological polar surface area (TPSA) is 30.5 Å². The van der Waals surface area contributed by atoms with Crippen LogP contribution in [0.15, 0.2) is 23.8 Å². The molecule has 1 aromatic rings. The maximum atomic E-state index is 5.45. The average Bonchev–Trinajstić information content (AvgIpc) is 2.42. The molecular formula is C16H25NO2. The van der Waals surface area contributed by atoms with Gasteiger partial charge in [-0.2, -0.15) is 0 Å². The molecule has 0 unspecified atom stereocenters. The molecule has 1 rings (SSSR count). The minimum Gasteiger partial charge on any atom is -0.493 e. The molecule has 0 aliphatic rings. The summed E-state index contributed by atoms with van der Waals surface area (Å²) in [6.45, 7) is 7.37. The Morgan fingerprint density at radius 2 is 2.00 bits per heavy atom. The summed E-state index contributed by atoms with van der Waals surface area (Å²) in [6.07, 6.45) is 3.19. The van der Waals surface area contributed by atoms with Crippen LogP contribution in [0.25, 0.3) is 6.08 Å². The van der Waals surface area contributed by atoms with Gasteiger partial charge in [0.15, 0.2) is 11.5 Å². The summed E-state index contributed by atoms with van der Waals surface area (Å²) < 4.78 is 10.8. The van der Waals surface area contributed by atoms with Gasteiger partial charge in [0.1, 0.15) is 0 Å². The maximum absolute atomic E-state index is 5.45. The molecule has 0 saturated carbocycles. The zero-order valence-corrected chi connectivity index (χ0v) is 12.6. The zero-order chi connectivity index (χ0) is 14.3. The van der Waals surface area contributed by atoms with Crippen molar-refractivity contribution in [3.05, 3.63) is 29.3 Å². The molecule has 19 heavy (non-hydrogen) atoms. The Hall–Kier alpha value is -1.48. The fraction of sp³-hybridized carbons (Fsp3) is 0.500.